The molecule has 2 aromatic rings. The SMILES string of the molecule is COc1ccc(N2C(=O)C(CCCc3ccccc3)C2OC(C)=O)cc1. The summed E-state index contributed by atoms with van der Waals surface area (Å²) in [4.78, 5) is 25.7. The summed E-state index contributed by atoms with van der Waals surface area (Å²) in [6.07, 6.45) is 1.93. The van der Waals surface area contributed by atoms with Crippen LogP contribution >= 0.6 is 0 Å². The number of hydrogen-bond acceptors (Lipinski definition) is 4. The highest BCUT2D eigenvalue weighted by Crippen LogP contribution is 2.37. The van der Waals surface area contributed by atoms with Gasteiger partial charge in [-0.2, -0.15) is 0 Å². The van der Waals surface area contributed by atoms with Gasteiger partial charge in [-0.1, -0.05) is 30.3 Å². The molecule has 0 N–H and O–H groups in total. The summed E-state index contributed by atoms with van der Waals surface area (Å²) in [5.41, 5.74) is 1.96. The summed E-state index contributed by atoms with van der Waals surface area (Å²) < 4.78 is 10.6. The number of aryl methyl sites for hydroxylation is 1. The van der Waals surface area contributed by atoms with Gasteiger partial charge in [-0.05, 0) is 49.1 Å². The molecule has 1 saturated heterocycles. The molecule has 1 aliphatic rings. The predicted octanol–water partition coefficient (Wildman–Crippen LogP) is 3.57. The molecule has 1 amide bonds. The first-order valence-electron chi connectivity index (χ1n) is 8.78. The molecule has 0 saturated carbocycles. The third-order valence-electron chi connectivity index (χ3n) is 4.61. The molecule has 0 aliphatic carbocycles. The van der Waals surface area contributed by atoms with Gasteiger partial charge in [-0.15, -0.1) is 0 Å². The normalized spacial score (nSPS) is 19.0. The van der Waals surface area contributed by atoms with Crippen molar-refractivity contribution >= 4 is 17.6 Å². The third kappa shape index (κ3) is 3.87. The van der Waals surface area contributed by atoms with E-state index in [0.717, 1.165) is 12.8 Å². The number of ether oxygens (including phenoxy) is 2. The maximum absolute atomic E-state index is 12.7. The number of rotatable bonds is 7. The number of amides is 1. The maximum Gasteiger partial charge on any atom is 0.304 e. The molecular formula is C21H23NO4. The lowest BCUT2D eigenvalue weighted by molar-refractivity contribution is -0.161. The van der Waals surface area contributed by atoms with Crippen LogP contribution in [-0.2, 0) is 20.7 Å². The van der Waals surface area contributed by atoms with Crippen molar-refractivity contribution in [2.45, 2.75) is 32.4 Å². The second-order valence-corrected chi connectivity index (χ2v) is 6.39. The minimum atomic E-state index is -0.538. The number of esters is 1. The van der Waals surface area contributed by atoms with Gasteiger partial charge in [0, 0.05) is 12.6 Å². The van der Waals surface area contributed by atoms with Crippen molar-refractivity contribution in [3.05, 3.63) is 60.2 Å². The van der Waals surface area contributed by atoms with Gasteiger partial charge in [0.05, 0.1) is 13.0 Å². The monoisotopic (exact) mass is 353 g/mol. The number of nitrogens with zero attached hydrogens (tertiary/aromatic N) is 1. The summed E-state index contributed by atoms with van der Waals surface area (Å²) in [6, 6.07) is 17.3. The van der Waals surface area contributed by atoms with Crippen LogP contribution in [0.4, 0.5) is 5.69 Å². The van der Waals surface area contributed by atoms with E-state index in [2.05, 4.69) is 12.1 Å². The highest BCUT2D eigenvalue weighted by Gasteiger charge is 2.49. The molecule has 0 aromatic heterocycles. The summed E-state index contributed by atoms with van der Waals surface area (Å²) >= 11 is 0. The molecular weight excluding hydrogens is 330 g/mol. The number of benzene rings is 2. The lowest BCUT2D eigenvalue weighted by Gasteiger charge is -2.45. The fourth-order valence-electron chi connectivity index (χ4n) is 3.28. The molecule has 0 bridgehead atoms. The average molecular weight is 353 g/mol. The first-order valence-corrected chi connectivity index (χ1v) is 8.78. The Morgan fingerprint density at radius 2 is 1.77 bits per heavy atom. The van der Waals surface area contributed by atoms with Crippen LogP contribution < -0.4 is 9.64 Å². The number of hydrogen-bond donors (Lipinski definition) is 0. The standard InChI is InChI=1S/C21H23NO4/c1-15(23)26-21-19(10-6-9-16-7-4-3-5-8-16)20(24)22(21)17-11-13-18(25-2)14-12-17/h3-5,7-8,11-14,19,21H,6,9-10H2,1-2H3. The molecule has 1 fully saturated rings. The molecule has 0 radical (unpaired) electrons. The van der Waals surface area contributed by atoms with Crippen molar-refractivity contribution in [3.8, 4) is 5.75 Å². The molecule has 136 valence electrons. The van der Waals surface area contributed by atoms with E-state index in [-0.39, 0.29) is 17.8 Å². The third-order valence-corrected chi connectivity index (χ3v) is 4.61. The zero-order valence-corrected chi connectivity index (χ0v) is 15.1. The zero-order chi connectivity index (χ0) is 18.5. The average Bonchev–Trinajstić information content (AvgIpc) is 2.66. The van der Waals surface area contributed by atoms with Crippen LogP contribution in [0, 0.1) is 5.92 Å². The van der Waals surface area contributed by atoms with E-state index in [1.54, 1.807) is 36.3 Å². The van der Waals surface area contributed by atoms with E-state index in [4.69, 9.17) is 9.47 Å². The molecule has 26 heavy (non-hydrogen) atoms. The number of carbonyl (C=O) groups excluding carboxylic acids is 2. The summed E-state index contributed by atoms with van der Waals surface area (Å²) in [5.74, 6) is 0.0402. The van der Waals surface area contributed by atoms with E-state index >= 15 is 0 Å². The Morgan fingerprint density at radius 1 is 1.08 bits per heavy atom. The Labute approximate surface area is 153 Å². The fraction of sp³-hybridized carbons (Fsp3) is 0.333. The van der Waals surface area contributed by atoms with Crippen LogP contribution in [0.15, 0.2) is 54.6 Å². The zero-order valence-electron chi connectivity index (χ0n) is 15.1. The van der Waals surface area contributed by atoms with Crippen molar-refractivity contribution in [1.82, 2.24) is 0 Å². The van der Waals surface area contributed by atoms with Gasteiger partial charge in [-0.3, -0.25) is 14.5 Å². The first kappa shape index (κ1) is 18.0. The van der Waals surface area contributed by atoms with E-state index in [1.807, 2.05) is 18.2 Å². The largest absolute Gasteiger partial charge is 0.497 e. The van der Waals surface area contributed by atoms with Crippen LogP contribution in [0.3, 0.4) is 0 Å². The van der Waals surface area contributed by atoms with E-state index in [0.29, 0.717) is 17.9 Å². The van der Waals surface area contributed by atoms with E-state index in [9.17, 15) is 9.59 Å². The molecule has 2 aromatic carbocycles. The van der Waals surface area contributed by atoms with Crippen LogP contribution in [0.1, 0.15) is 25.3 Å². The lowest BCUT2D eigenvalue weighted by Crippen LogP contribution is -2.63. The quantitative estimate of drug-likeness (QED) is 0.564. The second-order valence-electron chi connectivity index (χ2n) is 6.39. The highest BCUT2D eigenvalue weighted by molar-refractivity contribution is 6.02. The van der Waals surface area contributed by atoms with Gasteiger partial charge in [0.2, 0.25) is 5.91 Å². The molecule has 5 nitrogen and oxygen atoms in total. The number of carbonyl (C=O) groups is 2. The Bertz CT molecular complexity index is 757. The van der Waals surface area contributed by atoms with Gasteiger partial charge < -0.3 is 9.47 Å². The summed E-state index contributed by atoms with van der Waals surface area (Å²) in [7, 11) is 1.59. The van der Waals surface area contributed by atoms with Gasteiger partial charge in [0.25, 0.3) is 0 Å². The molecule has 0 spiro atoms. The molecule has 1 aliphatic heterocycles. The predicted molar refractivity (Wildman–Crippen MR) is 98.9 cm³/mol. The van der Waals surface area contributed by atoms with Crippen LogP contribution in [0.2, 0.25) is 0 Å². The lowest BCUT2D eigenvalue weighted by atomic mass is 9.88. The Morgan fingerprint density at radius 3 is 2.38 bits per heavy atom. The number of anilines is 1. The molecule has 2 atom stereocenters. The van der Waals surface area contributed by atoms with Crippen molar-refractivity contribution in [2.75, 3.05) is 12.0 Å². The van der Waals surface area contributed by atoms with E-state index in [1.165, 1.54) is 12.5 Å². The van der Waals surface area contributed by atoms with Crippen molar-refractivity contribution in [1.29, 1.82) is 0 Å². The molecule has 1 heterocycles. The Kier molecular flexibility index (Phi) is 5.56. The number of methoxy groups -OCH3 is 1. The second kappa shape index (κ2) is 8.04. The van der Waals surface area contributed by atoms with Crippen LogP contribution in [-0.4, -0.2) is 25.2 Å². The topological polar surface area (TPSA) is 55.8 Å². The van der Waals surface area contributed by atoms with Crippen molar-refractivity contribution in [3.63, 3.8) is 0 Å². The minimum Gasteiger partial charge on any atom is -0.497 e. The van der Waals surface area contributed by atoms with Crippen LogP contribution in [0.5, 0.6) is 5.75 Å². The van der Waals surface area contributed by atoms with Gasteiger partial charge >= 0.3 is 5.97 Å². The number of β-lactam (4-membered cyclic amide) rings is 1. The highest BCUT2D eigenvalue weighted by atomic mass is 16.6. The van der Waals surface area contributed by atoms with Gasteiger partial charge in [-0.25, -0.2) is 0 Å². The first-order chi connectivity index (χ1) is 12.6. The van der Waals surface area contributed by atoms with Crippen molar-refractivity contribution < 1.29 is 19.1 Å². The van der Waals surface area contributed by atoms with Gasteiger partial charge in [0.1, 0.15) is 5.75 Å². The molecule has 2 unspecified atom stereocenters. The summed E-state index contributed by atoms with van der Waals surface area (Å²) in [5, 5.41) is 0. The van der Waals surface area contributed by atoms with Crippen molar-refractivity contribution in [2.24, 2.45) is 5.92 Å². The minimum absolute atomic E-state index is 0.00511. The van der Waals surface area contributed by atoms with E-state index < -0.39 is 6.23 Å². The molecule has 3 rings (SSSR count). The summed E-state index contributed by atoms with van der Waals surface area (Å²) in [6.45, 7) is 1.37. The maximum atomic E-state index is 12.7. The molecule has 5 heteroatoms. The van der Waals surface area contributed by atoms with Gasteiger partial charge in [0.15, 0.2) is 6.23 Å². The smallest absolute Gasteiger partial charge is 0.304 e. The fourth-order valence-corrected chi connectivity index (χ4v) is 3.28. The Hall–Kier alpha value is -2.82. The Balaban J connectivity index is 1.65. The van der Waals surface area contributed by atoms with Crippen LogP contribution in [0.25, 0.3) is 0 Å².